The highest BCUT2D eigenvalue weighted by Crippen LogP contribution is 2.20. The molecule has 0 atom stereocenters. The third-order valence-electron chi connectivity index (χ3n) is 4.48. The summed E-state index contributed by atoms with van der Waals surface area (Å²) in [5, 5.41) is 2.99. The van der Waals surface area contributed by atoms with E-state index in [2.05, 4.69) is 33.2 Å². The first kappa shape index (κ1) is 16.5. The maximum atomic E-state index is 12.6. The topological polar surface area (TPSA) is 48.5 Å². The lowest BCUT2D eigenvalue weighted by atomic mass is 10.1. The van der Waals surface area contributed by atoms with E-state index >= 15 is 0 Å². The maximum Gasteiger partial charge on any atom is 0.257 e. The quantitative estimate of drug-likeness (QED) is 0.943. The summed E-state index contributed by atoms with van der Waals surface area (Å²) < 4.78 is 0. The van der Waals surface area contributed by atoms with Crippen molar-refractivity contribution >= 4 is 17.3 Å². The first-order valence-electron chi connectivity index (χ1n) is 8.30. The molecule has 126 valence electrons. The van der Waals surface area contributed by atoms with Crippen molar-refractivity contribution in [1.29, 1.82) is 0 Å². The Morgan fingerprint density at radius 2 is 1.83 bits per heavy atom. The van der Waals surface area contributed by atoms with Crippen molar-refractivity contribution in [3.8, 4) is 0 Å². The number of aryl methyl sites for hydroxylation is 2. The van der Waals surface area contributed by atoms with E-state index in [1.807, 2.05) is 38.2 Å². The zero-order valence-electron chi connectivity index (χ0n) is 14.5. The largest absolute Gasteiger partial charge is 0.368 e. The van der Waals surface area contributed by atoms with Gasteiger partial charge in [0, 0.05) is 38.1 Å². The van der Waals surface area contributed by atoms with Crippen LogP contribution in [0.5, 0.6) is 0 Å². The minimum absolute atomic E-state index is 0.120. The lowest BCUT2D eigenvalue weighted by molar-refractivity contribution is 0.102. The van der Waals surface area contributed by atoms with E-state index in [9.17, 15) is 4.79 Å². The molecule has 0 bridgehead atoms. The van der Waals surface area contributed by atoms with Crippen molar-refractivity contribution in [3.63, 3.8) is 0 Å². The molecule has 0 aliphatic carbocycles. The van der Waals surface area contributed by atoms with Crippen molar-refractivity contribution in [2.75, 3.05) is 43.4 Å². The fourth-order valence-corrected chi connectivity index (χ4v) is 2.94. The van der Waals surface area contributed by atoms with Gasteiger partial charge < -0.3 is 15.1 Å². The number of carbonyl (C=O) groups excluding carboxylic acids is 1. The number of nitrogens with zero attached hydrogens (tertiary/aromatic N) is 3. The van der Waals surface area contributed by atoms with E-state index in [0.717, 1.165) is 43.1 Å². The fourth-order valence-electron chi connectivity index (χ4n) is 2.94. The molecule has 3 rings (SSSR count). The highest BCUT2D eigenvalue weighted by Gasteiger charge is 2.16. The monoisotopic (exact) mass is 324 g/mol. The van der Waals surface area contributed by atoms with Crippen molar-refractivity contribution in [2.45, 2.75) is 13.8 Å². The zero-order valence-corrected chi connectivity index (χ0v) is 14.5. The van der Waals surface area contributed by atoms with Gasteiger partial charge in [0.05, 0.1) is 17.4 Å². The van der Waals surface area contributed by atoms with Crippen LogP contribution >= 0.6 is 0 Å². The number of nitrogens with one attached hydrogen (secondary N) is 1. The zero-order chi connectivity index (χ0) is 17.1. The average molecular weight is 324 g/mol. The number of amides is 1. The highest BCUT2D eigenvalue weighted by molar-refractivity contribution is 6.05. The Morgan fingerprint density at radius 3 is 2.54 bits per heavy atom. The lowest BCUT2D eigenvalue weighted by Crippen LogP contribution is -2.44. The standard InChI is InChI=1S/C19H24N4O/c1-14-4-5-18(15(2)10-14)21-19(24)16-11-17(13-20-12-16)23-8-6-22(3)7-9-23/h4-5,10-13H,6-9H2,1-3H3,(H,21,24). The molecule has 1 N–H and O–H groups in total. The number of aromatic nitrogens is 1. The summed E-state index contributed by atoms with van der Waals surface area (Å²) in [6.07, 6.45) is 3.46. The number of likely N-dealkylation sites (N-methyl/N-ethyl adjacent to an activating group) is 1. The Balaban J connectivity index is 1.74. The number of hydrogen-bond acceptors (Lipinski definition) is 4. The third kappa shape index (κ3) is 3.74. The first-order valence-corrected chi connectivity index (χ1v) is 8.30. The number of pyridine rings is 1. The van der Waals surface area contributed by atoms with E-state index in [-0.39, 0.29) is 5.91 Å². The molecule has 1 aliphatic rings. The Kier molecular flexibility index (Phi) is 4.81. The molecule has 2 heterocycles. The molecular weight excluding hydrogens is 300 g/mol. The summed E-state index contributed by atoms with van der Waals surface area (Å²) in [6, 6.07) is 7.94. The Labute approximate surface area is 143 Å². The Bertz CT molecular complexity index is 736. The summed E-state index contributed by atoms with van der Waals surface area (Å²) in [6.45, 7) is 8.02. The minimum atomic E-state index is -0.120. The molecule has 1 amide bonds. The van der Waals surface area contributed by atoms with Gasteiger partial charge in [-0.3, -0.25) is 9.78 Å². The minimum Gasteiger partial charge on any atom is -0.368 e. The molecule has 1 saturated heterocycles. The second kappa shape index (κ2) is 7.01. The smallest absolute Gasteiger partial charge is 0.257 e. The number of anilines is 2. The first-order chi connectivity index (χ1) is 11.5. The van der Waals surface area contributed by atoms with E-state index in [1.165, 1.54) is 5.56 Å². The van der Waals surface area contributed by atoms with Gasteiger partial charge in [-0.05, 0) is 38.6 Å². The molecule has 5 heteroatoms. The second-order valence-corrected chi connectivity index (χ2v) is 6.49. The number of benzene rings is 1. The van der Waals surface area contributed by atoms with Crippen molar-refractivity contribution < 1.29 is 4.79 Å². The number of carbonyl (C=O) groups is 1. The van der Waals surface area contributed by atoms with Crippen molar-refractivity contribution in [3.05, 3.63) is 53.3 Å². The number of hydrogen-bond donors (Lipinski definition) is 1. The van der Waals surface area contributed by atoms with Crippen LogP contribution in [0.25, 0.3) is 0 Å². The predicted octanol–water partition coefficient (Wildman–Crippen LogP) is 2.70. The molecule has 1 aromatic heterocycles. The van der Waals surface area contributed by atoms with Crippen LogP contribution in [0, 0.1) is 13.8 Å². The molecule has 24 heavy (non-hydrogen) atoms. The fraction of sp³-hybridized carbons (Fsp3) is 0.368. The van der Waals surface area contributed by atoms with Gasteiger partial charge in [0.25, 0.3) is 5.91 Å². The Morgan fingerprint density at radius 1 is 1.08 bits per heavy atom. The summed E-state index contributed by atoms with van der Waals surface area (Å²) >= 11 is 0. The SMILES string of the molecule is Cc1ccc(NC(=O)c2cncc(N3CCN(C)CC3)c2)c(C)c1. The van der Waals surface area contributed by atoms with Crippen LogP contribution in [-0.2, 0) is 0 Å². The van der Waals surface area contributed by atoms with Crippen LogP contribution in [-0.4, -0.2) is 49.0 Å². The number of piperazine rings is 1. The molecule has 2 aromatic rings. The summed E-state index contributed by atoms with van der Waals surface area (Å²) in [7, 11) is 2.13. The summed E-state index contributed by atoms with van der Waals surface area (Å²) in [5.41, 5.74) is 4.69. The number of rotatable bonds is 3. The predicted molar refractivity (Wildman–Crippen MR) is 97.8 cm³/mol. The summed E-state index contributed by atoms with van der Waals surface area (Å²) in [5.74, 6) is -0.120. The maximum absolute atomic E-state index is 12.6. The van der Waals surface area contributed by atoms with Crippen LogP contribution < -0.4 is 10.2 Å². The highest BCUT2D eigenvalue weighted by atomic mass is 16.1. The molecule has 0 unspecified atom stereocenters. The lowest BCUT2D eigenvalue weighted by Gasteiger charge is -2.33. The molecule has 1 fully saturated rings. The van der Waals surface area contributed by atoms with E-state index in [4.69, 9.17) is 0 Å². The van der Waals surface area contributed by atoms with E-state index in [1.54, 1.807) is 6.20 Å². The molecule has 0 saturated carbocycles. The van der Waals surface area contributed by atoms with Crippen molar-refractivity contribution in [1.82, 2.24) is 9.88 Å². The van der Waals surface area contributed by atoms with Crippen LogP contribution in [0.15, 0.2) is 36.7 Å². The molecule has 1 aliphatic heterocycles. The van der Waals surface area contributed by atoms with Crippen LogP contribution in [0.2, 0.25) is 0 Å². The van der Waals surface area contributed by atoms with Crippen molar-refractivity contribution in [2.24, 2.45) is 0 Å². The molecule has 0 spiro atoms. The van der Waals surface area contributed by atoms with Gasteiger partial charge in [-0.25, -0.2) is 0 Å². The van der Waals surface area contributed by atoms with Gasteiger partial charge in [0.15, 0.2) is 0 Å². The van der Waals surface area contributed by atoms with Crippen LogP contribution in [0.1, 0.15) is 21.5 Å². The van der Waals surface area contributed by atoms with Gasteiger partial charge in [0.1, 0.15) is 0 Å². The van der Waals surface area contributed by atoms with Gasteiger partial charge >= 0.3 is 0 Å². The van der Waals surface area contributed by atoms with Crippen LogP contribution in [0.3, 0.4) is 0 Å². The van der Waals surface area contributed by atoms with E-state index < -0.39 is 0 Å². The normalized spacial score (nSPS) is 15.4. The van der Waals surface area contributed by atoms with Gasteiger partial charge in [-0.1, -0.05) is 17.7 Å². The molecular formula is C19H24N4O. The molecule has 5 nitrogen and oxygen atoms in total. The van der Waals surface area contributed by atoms with E-state index in [0.29, 0.717) is 5.56 Å². The Hall–Kier alpha value is -2.40. The van der Waals surface area contributed by atoms with Gasteiger partial charge in [-0.15, -0.1) is 0 Å². The third-order valence-corrected chi connectivity index (χ3v) is 4.48. The summed E-state index contributed by atoms with van der Waals surface area (Å²) in [4.78, 5) is 21.4. The van der Waals surface area contributed by atoms with Gasteiger partial charge in [-0.2, -0.15) is 0 Å². The second-order valence-electron chi connectivity index (χ2n) is 6.49. The average Bonchev–Trinajstić information content (AvgIpc) is 2.58. The molecule has 0 radical (unpaired) electrons. The van der Waals surface area contributed by atoms with Gasteiger partial charge in [0.2, 0.25) is 0 Å². The molecule has 1 aromatic carbocycles. The van der Waals surface area contributed by atoms with Crippen LogP contribution in [0.4, 0.5) is 11.4 Å².